The summed E-state index contributed by atoms with van der Waals surface area (Å²) in [7, 11) is 0. The maximum atomic E-state index is 11.2. The second-order valence-electron chi connectivity index (χ2n) is 5.42. The van der Waals surface area contributed by atoms with E-state index in [4.69, 9.17) is 4.98 Å². The van der Waals surface area contributed by atoms with Crippen molar-refractivity contribution in [2.75, 3.05) is 0 Å². The van der Waals surface area contributed by atoms with Crippen LogP contribution < -0.4 is 0 Å². The van der Waals surface area contributed by atoms with Gasteiger partial charge in [-0.1, -0.05) is 6.07 Å². The van der Waals surface area contributed by atoms with Gasteiger partial charge in [-0.2, -0.15) is 0 Å². The maximum absolute atomic E-state index is 11.2. The molecule has 1 aliphatic rings. The molecule has 0 unspecified atom stereocenters. The van der Waals surface area contributed by atoms with E-state index >= 15 is 0 Å². The summed E-state index contributed by atoms with van der Waals surface area (Å²) in [6, 6.07) is 9.33. The zero-order valence-corrected chi connectivity index (χ0v) is 12.1. The standard InChI is InChI=1S/C16H14N2O2S/c19-16(20)11-5-6-13-14(8-11)18(9-12-2-1-7-21-12)15(17-13)10-3-4-10/h1-2,5-8,10H,3-4,9H2,(H,19,20). The highest BCUT2D eigenvalue weighted by molar-refractivity contribution is 7.09. The molecule has 1 saturated carbocycles. The summed E-state index contributed by atoms with van der Waals surface area (Å²) in [5.41, 5.74) is 2.13. The van der Waals surface area contributed by atoms with E-state index in [1.807, 2.05) is 12.1 Å². The molecule has 106 valence electrons. The molecule has 0 atom stereocenters. The van der Waals surface area contributed by atoms with Crippen LogP contribution in [0, 0.1) is 0 Å². The molecule has 0 radical (unpaired) electrons. The van der Waals surface area contributed by atoms with E-state index in [-0.39, 0.29) is 0 Å². The van der Waals surface area contributed by atoms with Crippen molar-refractivity contribution in [2.45, 2.75) is 25.3 Å². The molecule has 3 aromatic rings. The van der Waals surface area contributed by atoms with Gasteiger partial charge in [0.2, 0.25) is 0 Å². The second-order valence-corrected chi connectivity index (χ2v) is 6.45. The largest absolute Gasteiger partial charge is 0.478 e. The molecule has 0 bridgehead atoms. The molecule has 2 aromatic heterocycles. The Kier molecular flexibility index (Phi) is 2.82. The highest BCUT2D eigenvalue weighted by Gasteiger charge is 2.29. The van der Waals surface area contributed by atoms with Gasteiger partial charge in [0.1, 0.15) is 5.82 Å². The summed E-state index contributed by atoms with van der Waals surface area (Å²) in [6.45, 7) is 0.767. The van der Waals surface area contributed by atoms with Crippen molar-refractivity contribution in [3.63, 3.8) is 0 Å². The van der Waals surface area contributed by atoms with E-state index in [1.165, 1.54) is 17.7 Å². The van der Waals surface area contributed by atoms with E-state index in [2.05, 4.69) is 16.0 Å². The van der Waals surface area contributed by atoms with Gasteiger partial charge < -0.3 is 9.67 Å². The van der Waals surface area contributed by atoms with Crippen LogP contribution in [0.4, 0.5) is 0 Å². The number of aromatic nitrogens is 2. The lowest BCUT2D eigenvalue weighted by molar-refractivity contribution is 0.0697. The fourth-order valence-corrected chi connectivity index (χ4v) is 3.34. The van der Waals surface area contributed by atoms with Crippen LogP contribution in [-0.2, 0) is 6.54 Å². The number of imidazole rings is 1. The van der Waals surface area contributed by atoms with Crippen LogP contribution >= 0.6 is 11.3 Å². The lowest BCUT2D eigenvalue weighted by atomic mass is 10.2. The SMILES string of the molecule is O=C(O)c1ccc2nc(C3CC3)n(Cc3cccs3)c2c1. The van der Waals surface area contributed by atoms with Crippen molar-refractivity contribution in [3.8, 4) is 0 Å². The van der Waals surface area contributed by atoms with Crippen molar-refractivity contribution >= 4 is 28.3 Å². The molecule has 5 heteroatoms. The van der Waals surface area contributed by atoms with Crippen LogP contribution in [0.15, 0.2) is 35.7 Å². The molecule has 1 N–H and O–H groups in total. The molecule has 1 aliphatic carbocycles. The second kappa shape index (κ2) is 4.70. The summed E-state index contributed by atoms with van der Waals surface area (Å²) in [6.07, 6.45) is 2.36. The van der Waals surface area contributed by atoms with Crippen molar-refractivity contribution < 1.29 is 9.90 Å². The summed E-state index contributed by atoms with van der Waals surface area (Å²) in [5, 5.41) is 11.3. The Hall–Kier alpha value is -2.14. The zero-order valence-electron chi connectivity index (χ0n) is 11.3. The van der Waals surface area contributed by atoms with Crippen LogP contribution in [0.5, 0.6) is 0 Å². The predicted molar refractivity (Wildman–Crippen MR) is 82.1 cm³/mol. The van der Waals surface area contributed by atoms with Crippen LogP contribution in [0.3, 0.4) is 0 Å². The zero-order chi connectivity index (χ0) is 14.4. The number of hydrogen-bond acceptors (Lipinski definition) is 3. The van der Waals surface area contributed by atoms with Gasteiger partial charge in [0.05, 0.1) is 23.1 Å². The number of hydrogen-bond donors (Lipinski definition) is 1. The van der Waals surface area contributed by atoms with Gasteiger partial charge in [-0.05, 0) is 42.5 Å². The normalized spacial score (nSPS) is 14.7. The maximum Gasteiger partial charge on any atom is 0.335 e. The molecule has 4 nitrogen and oxygen atoms in total. The molecule has 0 saturated heterocycles. The molecule has 1 aromatic carbocycles. The topological polar surface area (TPSA) is 55.1 Å². The highest BCUT2D eigenvalue weighted by atomic mass is 32.1. The first-order valence-electron chi connectivity index (χ1n) is 6.98. The van der Waals surface area contributed by atoms with Gasteiger partial charge in [-0.3, -0.25) is 0 Å². The fraction of sp³-hybridized carbons (Fsp3) is 0.250. The Morgan fingerprint density at radius 2 is 2.24 bits per heavy atom. The number of carboxylic acids is 1. The Balaban J connectivity index is 1.88. The third kappa shape index (κ3) is 2.23. The summed E-state index contributed by atoms with van der Waals surface area (Å²) in [4.78, 5) is 17.2. The number of thiophene rings is 1. The Labute approximate surface area is 125 Å². The molecular formula is C16H14N2O2S. The third-order valence-corrected chi connectivity index (χ3v) is 4.72. The van der Waals surface area contributed by atoms with Gasteiger partial charge in [-0.15, -0.1) is 11.3 Å². The number of carbonyl (C=O) groups is 1. The van der Waals surface area contributed by atoms with E-state index in [0.717, 1.165) is 23.4 Å². The molecule has 1 fully saturated rings. The van der Waals surface area contributed by atoms with Gasteiger partial charge >= 0.3 is 5.97 Å². The van der Waals surface area contributed by atoms with Gasteiger partial charge in [0, 0.05) is 10.8 Å². The van der Waals surface area contributed by atoms with Crippen molar-refractivity contribution in [3.05, 3.63) is 52.0 Å². The Morgan fingerprint density at radius 1 is 1.38 bits per heavy atom. The smallest absolute Gasteiger partial charge is 0.335 e. The number of nitrogens with zero attached hydrogens (tertiary/aromatic N) is 2. The number of aromatic carboxylic acids is 1. The van der Waals surface area contributed by atoms with Crippen molar-refractivity contribution in [1.29, 1.82) is 0 Å². The molecule has 2 heterocycles. The number of benzene rings is 1. The Morgan fingerprint density at radius 3 is 2.90 bits per heavy atom. The average Bonchev–Trinajstić information content (AvgIpc) is 3.07. The van der Waals surface area contributed by atoms with Crippen LogP contribution in [0.1, 0.15) is 39.8 Å². The van der Waals surface area contributed by atoms with E-state index in [9.17, 15) is 9.90 Å². The van der Waals surface area contributed by atoms with Crippen molar-refractivity contribution in [1.82, 2.24) is 9.55 Å². The minimum Gasteiger partial charge on any atom is -0.478 e. The quantitative estimate of drug-likeness (QED) is 0.798. The van der Waals surface area contributed by atoms with Crippen LogP contribution in [0.2, 0.25) is 0 Å². The van der Waals surface area contributed by atoms with E-state index in [1.54, 1.807) is 23.5 Å². The first-order valence-corrected chi connectivity index (χ1v) is 7.86. The molecule has 0 spiro atoms. The van der Waals surface area contributed by atoms with Crippen LogP contribution in [0.25, 0.3) is 11.0 Å². The minimum absolute atomic E-state index is 0.317. The van der Waals surface area contributed by atoms with Crippen LogP contribution in [-0.4, -0.2) is 20.6 Å². The number of carboxylic acid groups (broad SMARTS) is 1. The lowest BCUT2D eigenvalue weighted by Crippen LogP contribution is -2.04. The monoisotopic (exact) mass is 298 g/mol. The molecule has 0 amide bonds. The number of rotatable bonds is 4. The first-order chi connectivity index (χ1) is 10.2. The first kappa shape index (κ1) is 12.6. The third-order valence-electron chi connectivity index (χ3n) is 3.86. The van der Waals surface area contributed by atoms with Gasteiger partial charge in [-0.25, -0.2) is 9.78 Å². The molecule has 21 heavy (non-hydrogen) atoms. The molecule has 0 aliphatic heterocycles. The lowest BCUT2D eigenvalue weighted by Gasteiger charge is -2.07. The highest BCUT2D eigenvalue weighted by Crippen LogP contribution is 2.41. The molecule has 4 rings (SSSR count). The summed E-state index contributed by atoms with van der Waals surface area (Å²) < 4.78 is 2.19. The predicted octanol–water partition coefficient (Wildman–Crippen LogP) is 3.72. The van der Waals surface area contributed by atoms with E-state index < -0.39 is 5.97 Å². The fourth-order valence-electron chi connectivity index (χ4n) is 2.65. The van der Waals surface area contributed by atoms with Gasteiger partial charge in [0.25, 0.3) is 0 Å². The van der Waals surface area contributed by atoms with Gasteiger partial charge in [0.15, 0.2) is 0 Å². The Bertz CT molecular complexity index is 816. The average molecular weight is 298 g/mol. The summed E-state index contributed by atoms with van der Waals surface area (Å²) in [5.74, 6) is 0.736. The number of fused-ring (bicyclic) bond motifs is 1. The van der Waals surface area contributed by atoms with E-state index in [0.29, 0.717) is 11.5 Å². The minimum atomic E-state index is -0.895. The van der Waals surface area contributed by atoms with Crippen molar-refractivity contribution in [2.24, 2.45) is 0 Å². The molecular weight excluding hydrogens is 284 g/mol. The summed E-state index contributed by atoms with van der Waals surface area (Å²) >= 11 is 1.72.